The van der Waals surface area contributed by atoms with Crippen molar-refractivity contribution >= 4 is 47.5 Å². The summed E-state index contributed by atoms with van der Waals surface area (Å²) in [6.07, 6.45) is 1.12. The van der Waals surface area contributed by atoms with E-state index in [4.69, 9.17) is 20.0 Å². The summed E-state index contributed by atoms with van der Waals surface area (Å²) >= 11 is 0. The number of carboxylic acid groups (broad SMARTS) is 1. The quantitative estimate of drug-likeness (QED) is 0.273. The van der Waals surface area contributed by atoms with E-state index in [9.17, 15) is 14.4 Å². The summed E-state index contributed by atoms with van der Waals surface area (Å²) in [6, 6.07) is 13.8. The smallest absolute Gasteiger partial charge is 0.413 e. The monoisotopic (exact) mass is 499 g/mol. The van der Waals surface area contributed by atoms with Crippen LogP contribution in [0.1, 0.15) is 23.1 Å². The van der Waals surface area contributed by atoms with Crippen molar-refractivity contribution in [1.29, 1.82) is 5.41 Å². The number of hydrogen-bond donors (Lipinski definition) is 3. The number of carbonyl (C=O) groups is 3. The van der Waals surface area contributed by atoms with Crippen LogP contribution in [0.3, 0.4) is 0 Å². The second-order valence-corrected chi connectivity index (χ2v) is 7.42. The molecule has 184 valence electrons. The van der Waals surface area contributed by atoms with Crippen molar-refractivity contribution in [1.82, 2.24) is 5.32 Å². The zero-order chi connectivity index (χ0) is 24.7. The third kappa shape index (κ3) is 6.70. The van der Waals surface area contributed by atoms with Crippen molar-refractivity contribution in [3.63, 3.8) is 0 Å². The normalized spacial score (nSPS) is 12.6. The van der Waals surface area contributed by atoms with Crippen LogP contribution in [0.5, 0.6) is 0 Å². The number of rotatable bonds is 9. The van der Waals surface area contributed by atoms with E-state index < -0.39 is 12.1 Å². The van der Waals surface area contributed by atoms with E-state index >= 15 is 0 Å². The molecule has 0 spiro atoms. The van der Waals surface area contributed by atoms with Gasteiger partial charge in [-0.1, -0.05) is 36.9 Å². The molecule has 1 aliphatic rings. The number of anilines is 1. The average molecular weight is 500 g/mol. The molecule has 0 aromatic heterocycles. The number of amidine groups is 1. The van der Waals surface area contributed by atoms with Crippen molar-refractivity contribution in [2.75, 3.05) is 25.2 Å². The molecule has 2 aromatic rings. The molecule has 3 N–H and O–H groups in total. The molecular weight excluding hydrogens is 474 g/mol. The van der Waals surface area contributed by atoms with Gasteiger partial charge in [0.25, 0.3) is 5.91 Å². The van der Waals surface area contributed by atoms with Gasteiger partial charge in [-0.2, -0.15) is 0 Å². The van der Waals surface area contributed by atoms with Crippen molar-refractivity contribution in [3.8, 4) is 0 Å². The second kappa shape index (κ2) is 12.4. The van der Waals surface area contributed by atoms with Crippen LogP contribution < -0.4 is 10.2 Å². The summed E-state index contributed by atoms with van der Waals surface area (Å²) < 4.78 is 10.3. The lowest BCUT2D eigenvalue weighted by Crippen LogP contribution is -2.31. The van der Waals surface area contributed by atoms with E-state index in [0.29, 0.717) is 34.6 Å². The number of nitrogens with zero attached hydrogens (tertiary/aromatic N) is 1. The number of halogens is 1. The number of alkyl carbamates (subject to hydrolysis) is 1. The Morgan fingerprint density at radius 2 is 1.83 bits per heavy atom. The van der Waals surface area contributed by atoms with Gasteiger partial charge >= 0.3 is 12.1 Å². The molecule has 35 heavy (non-hydrogen) atoms. The van der Waals surface area contributed by atoms with E-state index in [1.165, 1.54) is 13.2 Å². The molecule has 0 fully saturated rings. The van der Waals surface area contributed by atoms with Gasteiger partial charge in [0.05, 0.1) is 19.2 Å². The highest BCUT2D eigenvalue weighted by molar-refractivity contribution is 6.29. The van der Waals surface area contributed by atoms with Crippen LogP contribution in [-0.2, 0) is 25.5 Å². The van der Waals surface area contributed by atoms with Gasteiger partial charge in [0.15, 0.2) is 0 Å². The fourth-order valence-corrected chi connectivity index (χ4v) is 3.45. The highest BCUT2D eigenvalue weighted by Gasteiger charge is 2.33. The Hall–Kier alpha value is -4.11. The first-order chi connectivity index (χ1) is 16.3. The molecule has 0 atom stereocenters. The first kappa shape index (κ1) is 27.1. The fourth-order valence-electron chi connectivity index (χ4n) is 3.45. The lowest BCUT2D eigenvalue weighted by molar-refractivity contribution is -0.137. The highest BCUT2D eigenvalue weighted by Crippen LogP contribution is 2.32. The summed E-state index contributed by atoms with van der Waals surface area (Å²) in [5.41, 5.74) is 3.05. The van der Waals surface area contributed by atoms with Crippen molar-refractivity contribution < 1.29 is 29.0 Å². The molecule has 3 rings (SSSR count). The Balaban J connectivity index is 0.00000432. The molecule has 0 bridgehead atoms. The van der Waals surface area contributed by atoms with Crippen LogP contribution in [0.4, 0.5) is 10.5 Å². The van der Waals surface area contributed by atoms with Gasteiger partial charge in [0, 0.05) is 17.7 Å². The van der Waals surface area contributed by atoms with Gasteiger partial charge in [-0.3, -0.25) is 20.3 Å². The first-order valence-corrected chi connectivity index (χ1v) is 10.5. The van der Waals surface area contributed by atoms with Gasteiger partial charge in [-0.05, 0) is 41.8 Å². The van der Waals surface area contributed by atoms with E-state index in [1.54, 1.807) is 41.3 Å². The van der Waals surface area contributed by atoms with Crippen LogP contribution in [0.2, 0.25) is 0 Å². The number of aryl methyl sites for hydroxylation is 1. The standard InChI is InChI=1S/C25H25N3O6.ClH/c1-3-14-34-25(32)27-23(26)18-9-11-19(12-10-18)28-15-20(33-2)22(24(28)31)17-7-4-16(5-8-17)6-13-21(29)30;/h3-5,7-12H,1,6,13-15H2,2H3,(H,29,30)(H2,26,27,32);1H. The number of amides is 2. The zero-order valence-corrected chi connectivity index (χ0v) is 19.9. The predicted molar refractivity (Wildman–Crippen MR) is 134 cm³/mol. The molecule has 0 saturated carbocycles. The van der Waals surface area contributed by atoms with Crippen LogP contribution >= 0.6 is 12.4 Å². The van der Waals surface area contributed by atoms with Crippen LogP contribution in [-0.4, -0.2) is 49.2 Å². The summed E-state index contributed by atoms with van der Waals surface area (Å²) in [5, 5.41) is 19.2. The maximum Gasteiger partial charge on any atom is 0.413 e. The van der Waals surface area contributed by atoms with Crippen LogP contribution in [0, 0.1) is 5.41 Å². The molecule has 2 amide bonds. The second-order valence-electron chi connectivity index (χ2n) is 7.42. The van der Waals surface area contributed by atoms with Crippen LogP contribution in [0.25, 0.3) is 5.57 Å². The van der Waals surface area contributed by atoms with Gasteiger partial charge in [0.2, 0.25) is 0 Å². The molecule has 0 aliphatic carbocycles. The average Bonchev–Trinajstić information content (AvgIpc) is 3.17. The number of methoxy groups -OCH3 is 1. The molecule has 0 unspecified atom stereocenters. The van der Waals surface area contributed by atoms with Gasteiger partial charge in [-0.25, -0.2) is 4.79 Å². The number of aliphatic carboxylic acids is 1. The molecule has 0 radical (unpaired) electrons. The minimum absolute atomic E-state index is 0. The van der Waals surface area contributed by atoms with Crippen molar-refractivity contribution in [3.05, 3.63) is 83.6 Å². The minimum atomic E-state index is -0.861. The minimum Gasteiger partial charge on any atom is -0.498 e. The number of nitrogens with one attached hydrogen (secondary N) is 2. The van der Waals surface area contributed by atoms with Gasteiger partial charge in [0.1, 0.15) is 18.2 Å². The maximum absolute atomic E-state index is 13.2. The SMILES string of the molecule is C=CCOC(=O)NC(=N)c1ccc(N2CC(OC)=C(c3ccc(CCC(=O)O)cc3)C2=O)cc1.Cl. The molecule has 1 aliphatic heterocycles. The predicted octanol–water partition coefficient (Wildman–Crippen LogP) is 3.77. The molecule has 2 aromatic carbocycles. The molecule has 1 heterocycles. The molecule has 9 nitrogen and oxygen atoms in total. The summed E-state index contributed by atoms with van der Waals surface area (Å²) in [5.74, 6) is -0.705. The van der Waals surface area contributed by atoms with E-state index in [1.807, 2.05) is 12.1 Å². The number of carboxylic acids is 1. The Morgan fingerprint density at radius 3 is 2.40 bits per heavy atom. The maximum atomic E-state index is 13.2. The molecule has 0 saturated heterocycles. The third-order valence-corrected chi connectivity index (χ3v) is 5.18. The lowest BCUT2D eigenvalue weighted by atomic mass is 10.0. The summed E-state index contributed by atoms with van der Waals surface area (Å²) in [4.78, 5) is 37.2. The van der Waals surface area contributed by atoms with E-state index in [-0.39, 0.29) is 43.7 Å². The van der Waals surface area contributed by atoms with Crippen LogP contribution in [0.15, 0.2) is 66.9 Å². The Morgan fingerprint density at radius 1 is 1.17 bits per heavy atom. The zero-order valence-electron chi connectivity index (χ0n) is 19.1. The first-order valence-electron chi connectivity index (χ1n) is 10.5. The number of carbonyl (C=O) groups excluding carboxylic acids is 2. The van der Waals surface area contributed by atoms with Crippen molar-refractivity contribution in [2.24, 2.45) is 0 Å². The highest BCUT2D eigenvalue weighted by atomic mass is 35.5. The van der Waals surface area contributed by atoms with Gasteiger partial charge in [-0.15, -0.1) is 12.4 Å². The van der Waals surface area contributed by atoms with Gasteiger partial charge < -0.3 is 19.5 Å². The largest absolute Gasteiger partial charge is 0.498 e. The summed E-state index contributed by atoms with van der Waals surface area (Å²) in [6.45, 7) is 3.74. The van der Waals surface area contributed by atoms with E-state index in [0.717, 1.165) is 5.56 Å². The molecule has 10 heteroatoms. The topological polar surface area (TPSA) is 129 Å². The Bertz CT molecular complexity index is 1140. The van der Waals surface area contributed by atoms with E-state index in [2.05, 4.69) is 11.9 Å². The Labute approximate surface area is 209 Å². The number of hydrogen-bond acceptors (Lipinski definition) is 6. The summed E-state index contributed by atoms with van der Waals surface area (Å²) in [7, 11) is 1.51. The number of benzene rings is 2. The Kier molecular flexibility index (Phi) is 9.60. The number of ether oxygens (including phenoxy) is 2. The molecular formula is C25H26ClN3O6. The van der Waals surface area contributed by atoms with Crippen molar-refractivity contribution in [2.45, 2.75) is 12.8 Å². The fraction of sp³-hybridized carbons (Fsp3) is 0.200. The third-order valence-electron chi connectivity index (χ3n) is 5.18. The lowest BCUT2D eigenvalue weighted by Gasteiger charge is -2.17.